The summed E-state index contributed by atoms with van der Waals surface area (Å²) in [6.07, 6.45) is 4.88. The fourth-order valence-corrected chi connectivity index (χ4v) is 5.70. The second kappa shape index (κ2) is 8.12. The van der Waals surface area contributed by atoms with Gasteiger partial charge in [0.15, 0.2) is 5.82 Å². The molecule has 5 rings (SSSR count). The number of ether oxygens (including phenoxy) is 1. The lowest BCUT2D eigenvalue weighted by Gasteiger charge is -2.41. The average Bonchev–Trinajstić information content (AvgIpc) is 3.12. The number of piperidine rings is 1. The van der Waals surface area contributed by atoms with E-state index in [1.807, 2.05) is 12.1 Å². The number of aryl methyl sites for hydroxylation is 1. The van der Waals surface area contributed by atoms with Crippen LogP contribution >= 0.6 is 23.4 Å². The Morgan fingerprint density at radius 2 is 2.10 bits per heavy atom. The fraction of sp³-hybridized carbons (Fsp3) is 0.476. The van der Waals surface area contributed by atoms with Crippen LogP contribution in [0.25, 0.3) is 0 Å². The van der Waals surface area contributed by atoms with Gasteiger partial charge in [-0.05, 0) is 30.9 Å². The average molecular weight is 461 g/mol. The molecule has 10 heteroatoms. The quantitative estimate of drug-likeness (QED) is 0.639. The van der Waals surface area contributed by atoms with Crippen LogP contribution in [0, 0.1) is 5.41 Å². The van der Waals surface area contributed by atoms with Gasteiger partial charge in [-0.3, -0.25) is 4.79 Å². The molecule has 1 aromatic carbocycles. The first-order chi connectivity index (χ1) is 14.9. The molecule has 4 heterocycles. The van der Waals surface area contributed by atoms with Crippen LogP contribution in [0.3, 0.4) is 0 Å². The predicted molar refractivity (Wildman–Crippen MR) is 122 cm³/mol. The van der Waals surface area contributed by atoms with E-state index in [0.29, 0.717) is 41.0 Å². The molecule has 2 aromatic rings. The van der Waals surface area contributed by atoms with Crippen LogP contribution in [0.1, 0.15) is 24.8 Å². The molecule has 1 amide bonds. The monoisotopic (exact) mass is 460 g/mol. The number of benzene rings is 1. The van der Waals surface area contributed by atoms with E-state index in [0.717, 1.165) is 48.8 Å². The van der Waals surface area contributed by atoms with Gasteiger partial charge in [-0.25, -0.2) is 9.97 Å². The SMILES string of the molecule is Nc1nc(N2CCC3(CC2)COC[C@H]3N)cnc1Sc1ccc2c(c1Cl)NC(=O)CC2. The number of carbonyl (C=O) groups excluding carboxylic acids is 1. The van der Waals surface area contributed by atoms with Crippen molar-refractivity contribution in [3.63, 3.8) is 0 Å². The number of aromatic nitrogens is 2. The Bertz CT molecular complexity index is 1030. The summed E-state index contributed by atoms with van der Waals surface area (Å²) in [5.74, 6) is 1.11. The van der Waals surface area contributed by atoms with Crippen molar-refractivity contribution < 1.29 is 9.53 Å². The summed E-state index contributed by atoms with van der Waals surface area (Å²) >= 11 is 7.92. The minimum atomic E-state index is -0.0198. The number of hydrogen-bond donors (Lipinski definition) is 3. The molecule has 2 saturated heterocycles. The number of halogens is 1. The summed E-state index contributed by atoms with van der Waals surface area (Å²) in [6.45, 7) is 3.10. The number of fused-ring (bicyclic) bond motifs is 1. The van der Waals surface area contributed by atoms with Gasteiger partial charge in [-0.15, -0.1) is 0 Å². The number of carbonyl (C=O) groups is 1. The lowest BCUT2D eigenvalue weighted by atomic mass is 9.75. The Morgan fingerprint density at radius 1 is 1.29 bits per heavy atom. The Kier molecular flexibility index (Phi) is 5.45. The van der Waals surface area contributed by atoms with Crippen molar-refractivity contribution in [1.29, 1.82) is 0 Å². The third-order valence-corrected chi connectivity index (χ3v) is 8.17. The van der Waals surface area contributed by atoms with E-state index in [2.05, 4.69) is 20.2 Å². The molecule has 0 aliphatic carbocycles. The zero-order valence-electron chi connectivity index (χ0n) is 17.1. The summed E-state index contributed by atoms with van der Waals surface area (Å²) in [7, 11) is 0. The summed E-state index contributed by atoms with van der Waals surface area (Å²) in [5.41, 5.74) is 14.3. The molecule has 1 aromatic heterocycles. The standard InChI is InChI=1S/C21H25ClN6O2S/c22-17-13(3-1-12-2-4-16(29)27-18(12)17)31-20-19(24)26-15(9-25-20)28-7-5-21(6-8-28)11-30-10-14(21)23/h1,3,9,14H,2,4-8,10-11,23H2,(H2,24,26)(H,27,29)/t14-/m1/s1. The Labute approximate surface area is 190 Å². The van der Waals surface area contributed by atoms with Gasteiger partial charge in [0.1, 0.15) is 10.8 Å². The highest BCUT2D eigenvalue weighted by molar-refractivity contribution is 7.99. The number of nitrogens with two attached hydrogens (primary N) is 2. The number of nitrogen functional groups attached to an aromatic ring is 1. The normalized spacial score (nSPS) is 22.5. The minimum absolute atomic E-state index is 0.0198. The Balaban J connectivity index is 1.31. The van der Waals surface area contributed by atoms with Gasteiger partial charge in [0.05, 0.1) is 30.1 Å². The first-order valence-corrected chi connectivity index (χ1v) is 11.6. The molecular formula is C21H25ClN6O2S. The largest absolute Gasteiger partial charge is 0.381 e. The maximum Gasteiger partial charge on any atom is 0.224 e. The zero-order chi connectivity index (χ0) is 21.6. The van der Waals surface area contributed by atoms with E-state index in [1.165, 1.54) is 11.8 Å². The highest BCUT2D eigenvalue weighted by Gasteiger charge is 2.44. The second-order valence-electron chi connectivity index (χ2n) is 8.45. The molecule has 3 aliphatic heterocycles. The van der Waals surface area contributed by atoms with Crippen molar-refractivity contribution in [2.24, 2.45) is 11.1 Å². The van der Waals surface area contributed by atoms with Crippen LogP contribution in [-0.4, -0.2) is 48.2 Å². The van der Waals surface area contributed by atoms with Crippen molar-refractivity contribution in [1.82, 2.24) is 9.97 Å². The smallest absolute Gasteiger partial charge is 0.224 e. The molecule has 31 heavy (non-hydrogen) atoms. The number of anilines is 3. The van der Waals surface area contributed by atoms with Crippen LogP contribution < -0.4 is 21.7 Å². The van der Waals surface area contributed by atoms with Crippen molar-refractivity contribution >= 4 is 46.6 Å². The first kappa shape index (κ1) is 20.8. The summed E-state index contributed by atoms with van der Waals surface area (Å²) < 4.78 is 5.60. The van der Waals surface area contributed by atoms with Crippen molar-refractivity contribution in [2.45, 2.75) is 41.6 Å². The molecule has 0 radical (unpaired) electrons. The van der Waals surface area contributed by atoms with Gasteiger partial charge in [-0.1, -0.05) is 29.4 Å². The number of amides is 1. The second-order valence-corrected chi connectivity index (χ2v) is 9.86. The van der Waals surface area contributed by atoms with E-state index >= 15 is 0 Å². The number of nitrogens with one attached hydrogen (secondary N) is 1. The van der Waals surface area contributed by atoms with Crippen LogP contribution in [0.2, 0.25) is 5.02 Å². The summed E-state index contributed by atoms with van der Waals surface area (Å²) in [6, 6.07) is 4.04. The molecule has 164 valence electrons. The zero-order valence-corrected chi connectivity index (χ0v) is 18.6. The van der Waals surface area contributed by atoms with E-state index in [9.17, 15) is 4.79 Å². The van der Waals surface area contributed by atoms with Gasteiger partial charge < -0.3 is 26.4 Å². The fourth-order valence-electron chi connectivity index (χ4n) is 4.56. The lowest BCUT2D eigenvalue weighted by Crippen LogP contribution is -2.49. The van der Waals surface area contributed by atoms with E-state index in [-0.39, 0.29) is 17.4 Å². The van der Waals surface area contributed by atoms with Gasteiger partial charge in [0, 0.05) is 35.9 Å². The van der Waals surface area contributed by atoms with Gasteiger partial charge >= 0.3 is 0 Å². The Hall–Kier alpha value is -2.07. The van der Waals surface area contributed by atoms with E-state index in [1.54, 1.807) is 6.20 Å². The summed E-state index contributed by atoms with van der Waals surface area (Å²) in [4.78, 5) is 23.9. The highest BCUT2D eigenvalue weighted by Crippen LogP contribution is 2.42. The van der Waals surface area contributed by atoms with Gasteiger partial charge in [0.2, 0.25) is 5.91 Å². The van der Waals surface area contributed by atoms with Crippen molar-refractivity contribution in [3.05, 3.63) is 28.9 Å². The van der Waals surface area contributed by atoms with Crippen LogP contribution in [0.5, 0.6) is 0 Å². The molecule has 2 fully saturated rings. The highest BCUT2D eigenvalue weighted by atomic mass is 35.5. The van der Waals surface area contributed by atoms with Crippen LogP contribution in [-0.2, 0) is 16.0 Å². The van der Waals surface area contributed by atoms with Crippen molar-refractivity contribution in [2.75, 3.05) is 42.3 Å². The van der Waals surface area contributed by atoms with E-state index < -0.39 is 0 Å². The third kappa shape index (κ3) is 3.84. The van der Waals surface area contributed by atoms with Gasteiger partial charge in [0.25, 0.3) is 0 Å². The molecule has 1 atom stereocenters. The topological polar surface area (TPSA) is 119 Å². The lowest BCUT2D eigenvalue weighted by molar-refractivity contribution is -0.116. The molecular weight excluding hydrogens is 436 g/mol. The number of nitrogens with zero attached hydrogens (tertiary/aromatic N) is 3. The van der Waals surface area contributed by atoms with Crippen LogP contribution in [0.4, 0.5) is 17.3 Å². The van der Waals surface area contributed by atoms with E-state index in [4.69, 9.17) is 27.8 Å². The maximum absolute atomic E-state index is 11.8. The summed E-state index contributed by atoms with van der Waals surface area (Å²) in [5, 5.41) is 3.97. The maximum atomic E-state index is 11.8. The first-order valence-electron chi connectivity index (χ1n) is 10.4. The minimum Gasteiger partial charge on any atom is -0.381 e. The Morgan fingerprint density at radius 3 is 2.81 bits per heavy atom. The molecule has 3 aliphatic rings. The van der Waals surface area contributed by atoms with Crippen molar-refractivity contribution in [3.8, 4) is 0 Å². The number of hydrogen-bond acceptors (Lipinski definition) is 8. The predicted octanol–water partition coefficient (Wildman–Crippen LogP) is 2.69. The van der Waals surface area contributed by atoms with Crippen LogP contribution in [0.15, 0.2) is 28.3 Å². The third-order valence-electron chi connectivity index (χ3n) is 6.59. The molecule has 1 spiro atoms. The number of rotatable bonds is 3. The molecule has 0 saturated carbocycles. The molecule has 0 unspecified atom stereocenters. The van der Waals surface area contributed by atoms with Gasteiger partial charge in [-0.2, -0.15) is 0 Å². The molecule has 8 nitrogen and oxygen atoms in total. The molecule has 5 N–H and O–H groups in total. The molecule has 0 bridgehead atoms.